The van der Waals surface area contributed by atoms with Crippen LogP contribution in [0.15, 0.2) is 24.3 Å². The van der Waals surface area contributed by atoms with Crippen LogP contribution < -0.4 is 16.0 Å². The summed E-state index contributed by atoms with van der Waals surface area (Å²) in [6.07, 6.45) is 2.55. The van der Waals surface area contributed by atoms with Crippen LogP contribution in [0, 0.1) is 0 Å². The van der Waals surface area contributed by atoms with E-state index in [2.05, 4.69) is 16.0 Å². The average molecular weight is 277 g/mol. The lowest BCUT2D eigenvalue weighted by atomic mass is 10.1. The SMILES string of the molecule is CNc1ccc(CC(CO)NC(=O)C2CCCN2)cc1. The van der Waals surface area contributed by atoms with E-state index in [-0.39, 0.29) is 24.6 Å². The molecule has 0 saturated carbocycles. The molecule has 2 unspecified atom stereocenters. The molecule has 1 aromatic carbocycles. The first-order valence-electron chi connectivity index (χ1n) is 7.14. The lowest BCUT2D eigenvalue weighted by Gasteiger charge is -2.19. The molecule has 4 N–H and O–H groups in total. The maximum Gasteiger partial charge on any atom is 0.237 e. The molecule has 1 aliphatic rings. The van der Waals surface area contributed by atoms with Gasteiger partial charge in [0.1, 0.15) is 0 Å². The number of carbonyl (C=O) groups excluding carboxylic acids is 1. The van der Waals surface area contributed by atoms with Gasteiger partial charge in [-0.15, -0.1) is 0 Å². The van der Waals surface area contributed by atoms with Crippen LogP contribution in [0.4, 0.5) is 5.69 Å². The number of hydrogen-bond donors (Lipinski definition) is 4. The van der Waals surface area contributed by atoms with E-state index in [9.17, 15) is 9.90 Å². The smallest absolute Gasteiger partial charge is 0.237 e. The third-order valence-corrected chi connectivity index (χ3v) is 3.67. The summed E-state index contributed by atoms with van der Waals surface area (Å²) >= 11 is 0. The van der Waals surface area contributed by atoms with Crippen LogP contribution in [0.3, 0.4) is 0 Å². The molecular weight excluding hydrogens is 254 g/mol. The summed E-state index contributed by atoms with van der Waals surface area (Å²) in [5.41, 5.74) is 2.15. The van der Waals surface area contributed by atoms with Gasteiger partial charge >= 0.3 is 0 Å². The van der Waals surface area contributed by atoms with E-state index < -0.39 is 0 Å². The second-order valence-corrected chi connectivity index (χ2v) is 5.19. The molecule has 1 saturated heterocycles. The molecule has 2 rings (SSSR count). The first-order chi connectivity index (χ1) is 9.72. The Hall–Kier alpha value is -1.59. The molecule has 1 aromatic rings. The molecule has 0 bridgehead atoms. The van der Waals surface area contributed by atoms with Crippen LogP contribution in [-0.2, 0) is 11.2 Å². The zero-order valence-electron chi connectivity index (χ0n) is 11.9. The third-order valence-electron chi connectivity index (χ3n) is 3.67. The van der Waals surface area contributed by atoms with E-state index in [0.29, 0.717) is 6.42 Å². The number of benzene rings is 1. The van der Waals surface area contributed by atoms with Gasteiger partial charge in [-0.1, -0.05) is 12.1 Å². The average Bonchev–Trinajstić information content (AvgIpc) is 3.01. The van der Waals surface area contributed by atoms with Crippen LogP contribution >= 0.6 is 0 Å². The summed E-state index contributed by atoms with van der Waals surface area (Å²) in [6, 6.07) is 7.66. The normalized spacial score (nSPS) is 19.6. The Morgan fingerprint density at radius 2 is 2.20 bits per heavy atom. The number of aliphatic hydroxyl groups is 1. The highest BCUT2D eigenvalue weighted by molar-refractivity contribution is 5.82. The standard InChI is InChI=1S/C15H23N3O2/c1-16-12-6-4-11(5-7-12)9-13(10-19)18-15(20)14-3-2-8-17-14/h4-7,13-14,16-17,19H,2-3,8-10H2,1H3,(H,18,20). The minimum absolute atomic E-state index is 0.00612. The minimum Gasteiger partial charge on any atom is -0.394 e. The Balaban J connectivity index is 1.88. The second-order valence-electron chi connectivity index (χ2n) is 5.19. The highest BCUT2D eigenvalue weighted by atomic mass is 16.3. The van der Waals surface area contributed by atoms with Gasteiger partial charge in [-0.25, -0.2) is 0 Å². The fourth-order valence-corrected chi connectivity index (χ4v) is 2.46. The summed E-state index contributed by atoms with van der Waals surface area (Å²) in [4.78, 5) is 12.0. The molecular formula is C15H23N3O2. The second kappa shape index (κ2) is 7.26. The molecule has 1 amide bonds. The van der Waals surface area contributed by atoms with Gasteiger partial charge in [-0.3, -0.25) is 4.79 Å². The van der Waals surface area contributed by atoms with Gasteiger partial charge in [-0.2, -0.15) is 0 Å². The zero-order chi connectivity index (χ0) is 14.4. The quantitative estimate of drug-likeness (QED) is 0.611. The maximum absolute atomic E-state index is 12.0. The van der Waals surface area contributed by atoms with E-state index in [1.165, 1.54) is 0 Å². The molecule has 1 heterocycles. The molecule has 5 nitrogen and oxygen atoms in total. The summed E-state index contributed by atoms with van der Waals surface area (Å²) < 4.78 is 0. The summed E-state index contributed by atoms with van der Waals surface area (Å²) in [6.45, 7) is 0.847. The highest BCUT2D eigenvalue weighted by Gasteiger charge is 2.23. The Morgan fingerprint density at radius 3 is 2.75 bits per heavy atom. The Labute approximate surface area is 119 Å². The van der Waals surface area contributed by atoms with Gasteiger partial charge < -0.3 is 21.1 Å². The van der Waals surface area contributed by atoms with Crippen molar-refractivity contribution < 1.29 is 9.90 Å². The number of hydrogen-bond acceptors (Lipinski definition) is 4. The van der Waals surface area contributed by atoms with E-state index in [4.69, 9.17) is 0 Å². The lowest BCUT2D eigenvalue weighted by Crippen LogP contribution is -2.47. The topological polar surface area (TPSA) is 73.4 Å². The van der Waals surface area contributed by atoms with Gasteiger partial charge in [0.05, 0.1) is 18.7 Å². The van der Waals surface area contributed by atoms with Crippen LogP contribution in [-0.4, -0.2) is 43.3 Å². The van der Waals surface area contributed by atoms with Crippen molar-refractivity contribution in [1.82, 2.24) is 10.6 Å². The van der Waals surface area contributed by atoms with Crippen LogP contribution in [0.2, 0.25) is 0 Å². The predicted molar refractivity (Wildman–Crippen MR) is 79.7 cm³/mol. The Bertz CT molecular complexity index is 427. The largest absolute Gasteiger partial charge is 0.394 e. The molecule has 0 aromatic heterocycles. The molecule has 0 aliphatic carbocycles. The van der Waals surface area contributed by atoms with Gasteiger partial charge in [0.15, 0.2) is 0 Å². The molecule has 1 aliphatic heterocycles. The van der Waals surface area contributed by atoms with Gasteiger partial charge in [0, 0.05) is 12.7 Å². The van der Waals surface area contributed by atoms with Crippen LogP contribution in [0.5, 0.6) is 0 Å². The number of anilines is 1. The van der Waals surface area contributed by atoms with Crippen molar-refractivity contribution in [2.45, 2.75) is 31.3 Å². The first kappa shape index (κ1) is 14.8. The number of nitrogens with one attached hydrogen (secondary N) is 3. The van der Waals surface area contributed by atoms with Crippen molar-refractivity contribution in [3.63, 3.8) is 0 Å². The molecule has 0 radical (unpaired) electrons. The molecule has 2 atom stereocenters. The fourth-order valence-electron chi connectivity index (χ4n) is 2.46. The summed E-state index contributed by atoms with van der Waals surface area (Å²) in [7, 11) is 1.88. The molecule has 1 fully saturated rings. The third kappa shape index (κ3) is 3.95. The summed E-state index contributed by atoms with van der Waals surface area (Å²) in [5, 5.41) is 18.6. The maximum atomic E-state index is 12.0. The van der Waals surface area contributed by atoms with E-state index >= 15 is 0 Å². The minimum atomic E-state index is -0.231. The van der Waals surface area contributed by atoms with Crippen molar-refractivity contribution in [2.75, 3.05) is 25.5 Å². The number of amides is 1. The summed E-state index contributed by atoms with van der Waals surface area (Å²) in [5.74, 6) is -0.00612. The fraction of sp³-hybridized carbons (Fsp3) is 0.533. The molecule has 20 heavy (non-hydrogen) atoms. The number of carbonyl (C=O) groups is 1. The first-order valence-corrected chi connectivity index (χ1v) is 7.14. The molecule has 5 heteroatoms. The van der Waals surface area contributed by atoms with Crippen molar-refractivity contribution in [2.24, 2.45) is 0 Å². The number of rotatable bonds is 6. The molecule has 0 spiro atoms. The molecule has 110 valence electrons. The van der Waals surface area contributed by atoms with Gasteiger partial charge in [0.25, 0.3) is 0 Å². The lowest BCUT2D eigenvalue weighted by molar-refractivity contribution is -0.123. The monoisotopic (exact) mass is 277 g/mol. The highest BCUT2D eigenvalue weighted by Crippen LogP contribution is 2.11. The van der Waals surface area contributed by atoms with E-state index in [1.54, 1.807) is 0 Å². The Morgan fingerprint density at radius 1 is 1.45 bits per heavy atom. The predicted octanol–water partition coefficient (Wildman–Crippen LogP) is 0.500. The van der Waals surface area contributed by atoms with Crippen molar-refractivity contribution in [1.29, 1.82) is 0 Å². The van der Waals surface area contributed by atoms with E-state index in [1.807, 2.05) is 31.3 Å². The van der Waals surface area contributed by atoms with Gasteiger partial charge in [-0.05, 0) is 43.5 Å². The Kier molecular flexibility index (Phi) is 5.38. The zero-order valence-corrected chi connectivity index (χ0v) is 11.9. The van der Waals surface area contributed by atoms with Crippen molar-refractivity contribution in [3.8, 4) is 0 Å². The van der Waals surface area contributed by atoms with Crippen LogP contribution in [0.25, 0.3) is 0 Å². The van der Waals surface area contributed by atoms with Crippen molar-refractivity contribution >= 4 is 11.6 Å². The van der Waals surface area contributed by atoms with Gasteiger partial charge in [0.2, 0.25) is 5.91 Å². The van der Waals surface area contributed by atoms with E-state index in [0.717, 1.165) is 30.6 Å². The number of aliphatic hydroxyl groups excluding tert-OH is 1. The van der Waals surface area contributed by atoms with Crippen molar-refractivity contribution in [3.05, 3.63) is 29.8 Å². The van der Waals surface area contributed by atoms with Crippen LogP contribution in [0.1, 0.15) is 18.4 Å².